The molecule has 0 amide bonds. The molecule has 3 unspecified atom stereocenters. The van der Waals surface area contributed by atoms with Crippen LogP contribution < -0.4 is 4.72 Å². The van der Waals surface area contributed by atoms with Gasteiger partial charge >= 0.3 is 0 Å². The van der Waals surface area contributed by atoms with Gasteiger partial charge in [-0.3, -0.25) is 0 Å². The van der Waals surface area contributed by atoms with Gasteiger partial charge in [-0.2, -0.15) is 0 Å². The number of fused-ring (bicyclic) bond motifs is 2. The Morgan fingerprint density at radius 2 is 2.15 bits per heavy atom. The fourth-order valence-corrected chi connectivity index (χ4v) is 2.90. The van der Waals surface area contributed by atoms with Gasteiger partial charge in [0.15, 0.2) is 0 Å². The van der Waals surface area contributed by atoms with Crippen molar-refractivity contribution < 1.29 is 8.42 Å². The summed E-state index contributed by atoms with van der Waals surface area (Å²) in [5.41, 5.74) is 0. The van der Waals surface area contributed by atoms with Crippen molar-refractivity contribution >= 4 is 10.0 Å². The van der Waals surface area contributed by atoms with Gasteiger partial charge in [0.2, 0.25) is 10.0 Å². The molecule has 2 aliphatic carbocycles. The monoisotopic (exact) mass is 201 g/mol. The molecule has 1 N–H and O–H groups in total. The largest absolute Gasteiger partial charge is 0.215 e. The minimum Gasteiger partial charge on any atom is -0.215 e. The summed E-state index contributed by atoms with van der Waals surface area (Å²) in [6.45, 7) is 0.615. The molecule has 0 aromatic heterocycles. The van der Waals surface area contributed by atoms with Gasteiger partial charge in [-0.15, -0.1) is 0 Å². The molecule has 74 valence electrons. The van der Waals surface area contributed by atoms with E-state index in [-0.39, 0.29) is 0 Å². The lowest BCUT2D eigenvalue weighted by atomic mass is 9.94. The lowest BCUT2D eigenvalue weighted by Crippen LogP contribution is -2.29. The first-order chi connectivity index (χ1) is 6.04. The Hall–Kier alpha value is -0.350. The molecule has 0 saturated heterocycles. The Morgan fingerprint density at radius 1 is 1.38 bits per heavy atom. The average molecular weight is 201 g/mol. The van der Waals surface area contributed by atoms with Gasteiger partial charge in [0.25, 0.3) is 0 Å². The zero-order chi connectivity index (χ0) is 9.47. The summed E-state index contributed by atoms with van der Waals surface area (Å²) in [7, 11) is -3.00. The maximum Gasteiger partial charge on any atom is 0.208 e. The molecular formula is C9H15NO2S. The molecule has 0 heterocycles. The molecule has 2 aliphatic rings. The third-order valence-corrected chi connectivity index (χ3v) is 3.72. The van der Waals surface area contributed by atoms with Crippen LogP contribution >= 0.6 is 0 Å². The van der Waals surface area contributed by atoms with E-state index >= 15 is 0 Å². The van der Waals surface area contributed by atoms with Gasteiger partial charge < -0.3 is 0 Å². The van der Waals surface area contributed by atoms with Crippen molar-refractivity contribution in [2.75, 3.05) is 12.8 Å². The standard InChI is InChI=1S/C9H15NO2S/c1-13(11,12)10-6-9-5-7-2-3-8(9)4-7/h2-3,7-10H,4-6H2,1H3. The van der Waals surface area contributed by atoms with E-state index in [1.807, 2.05) is 0 Å². The fraction of sp³-hybridized carbons (Fsp3) is 0.778. The number of rotatable bonds is 3. The average Bonchev–Trinajstić information content (AvgIpc) is 2.58. The van der Waals surface area contributed by atoms with Crippen LogP contribution in [0, 0.1) is 17.8 Å². The molecule has 0 aromatic carbocycles. The Bertz CT molecular complexity index is 321. The molecule has 4 heteroatoms. The number of sulfonamides is 1. The first-order valence-corrected chi connectivity index (χ1v) is 6.57. The third-order valence-electron chi connectivity index (χ3n) is 3.02. The summed E-state index contributed by atoms with van der Waals surface area (Å²) in [4.78, 5) is 0. The predicted octanol–water partition coefficient (Wildman–Crippen LogP) is 0.748. The summed E-state index contributed by atoms with van der Waals surface area (Å²) in [5, 5.41) is 0. The highest BCUT2D eigenvalue weighted by atomic mass is 32.2. The highest BCUT2D eigenvalue weighted by molar-refractivity contribution is 7.88. The molecule has 0 radical (unpaired) electrons. The van der Waals surface area contributed by atoms with Crippen LogP contribution in [0.2, 0.25) is 0 Å². The maximum absolute atomic E-state index is 10.9. The molecular weight excluding hydrogens is 186 g/mol. The topological polar surface area (TPSA) is 46.2 Å². The van der Waals surface area contributed by atoms with E-state index in [0.29, 0.717) is 18.4 Å². The molecule has 3 nitrogen and oxygen atoms in total. The zero-order valence-corrected chi connectivity index (χ0v) is 8.55. The Morgan fingerprint density at radius 3 is 2.62 bits per heavy atom. The molecule has 2 rings (SSSR count). The fourth-order valence-electron chi connectivity index (χ4n) is 2.39. The summed E-state index contributed by atoms with van der Waals surface area (Å²) < 4.78 is 24.3. The first-order valence-electron chi connectivity index (χ1n) is 4.67. The van der Waals surface area contributed by atoms with Crippen LogP contribution in [0.4, 0.5) is 0 Å². The van der Waals surface area contributed by atoms with Crippen molar-refractivity contribution in [3.8, 4) is 0 Å². The number of hydrogen-bond donors (Lipinski definition) is 1. The van der Waals surface area contributed by atoms with Crippen LogP contribution in [0.3, 0.4) is 0 Å². The minimum atomic E-state index is -3.00. The predicted molar refractivity (Wildman–Crippen MR) is 51.7 cm³/mol. The third kappa shape index (κ3) is 2.11. The first kappa shape index (κ1) is 9.21. The van der Waals surface area contributed by atoms with Gasteiger partial charge in [-0.05, 0) is 30.6 Å². The van der Waals surface area contributed by atoms with Crippen molar-refractivity contribution in [2.24, 2.45) is 17.8 Å². The molecule has 1 saturated carbocycles. The van der Waals surface area contributed by atoms with Crippen molar-refractivity contribution in [3.05, 3.63) is 12.2 Å². The molecule has 2 bridgehead atoms. The Balaban J connectivity index is 1.88. The second-order valence-electron chi connectivity index (χ2n) is 4.16. The summed E-state index contributed by atoms with van der Waals surface area (Å²) in [6, 6.07) is 0. The van der Waals surface area contributed by atoms with Gasteiger partial charge in [0.05, 0.1) is 6.26 Å². The van der Waals surface area contributed by atoms with E-state index in [4.69, 9.17) is 0 Å². The van der Waals surface area contributed by atoms with Gasteiger partial charge in [-0.1, -0.05) is 12.2 Å². The highest BCUT2D eigenvalue weighted by Crippen LogP contribution is 2.42. The van der Waals surface area contributed by atoms with Crippen molar-refractivity contribution in [2.45, 2.75) is 12.8 Å². The second kappa shape index (κ2) is 3.10. The SMILES string of the molecule is CS(=O)(=O)NCC1CC2C=CC1C2. The normalized spacial score (nSPS) is 37.2. The van der Waals surface area contributed by atoms with E-state index < -0.39 is 10.0 Å². The summed E-state index contributed by atoms with van der Waals surface area (Å²) in [5.74, 6) is 1.88. The summed E-state index contributed by atoms with van der Waals surface area (Å²) >= 11 is 0. The molecule has 0 aliphatic heterocycles. The van der Waals surface area contributed by atoms with E-state index in [9.17, 15) is 8.42 Å². The van der Waals surface area contributed by atoms with Crippen molar-refractivity contribution in [1.82, 2.24) is 4.72 Å². The minimum absolute atomic E-state index is 0.532. The van der Waals surface area contributed by atoms with Crippen LogP contribution in [0.1, 0.15) is 12.8 Å². The van der Waals surface area contributed by atoms with Crippen LogP contribution in [-0.4, -0.2) is 21.2 Å². The van der Waals surface area contributed by atoms with Crippen molar-refractivity contribution in [1.29, 1.82) is 0 Å². The van der Waals surface area contributed by atoms with Gasteiger partial charge in [0, 0.05) is 6.54 Å². The van der Waals surface area contributed by atoms with E-state index in [0.717, 1.165) is 12.3 Å². The highest BCUT2D eigenvalue weighted by Gasteiger charge is 2.35. The number of hydrogen-bond acceptors (Lipinski definition) is 2. The molecule has 0 aromatic rings. The lowest BCUT2D eigenvalue weighted by Gasteiger charge is -2.17. The Labute approximate surface area is 79.3 Å². The van der Waals surface area contributed by atoms with Crippen molar-refractivity contribution in [3.63, 3.8) is 0 Å². The quantitative estimate of drug-likeness (QED) is 0.685. The number of nitrogens with one attached hydrogen (secondary N) is 1. The second-order valence-corrected chi connectivity index (χ2v) is 5.99. The number of allylic oxidation sites excluding steroid dienone is 2. The van der Waals surface area contributed by atoms with Gasteiger partial charge in [0.1, 0.15) is 0 Å². The lowest BCUT2D eigenvalue weighted by molar-refractivity contribution is 0.441. The van der Waals surface area contributed by atoms with Crippen LogP contribution in [0.15, 0.2) is 12.2 Å². The molecule has 3 atom stereocenters. The summed E-state index contributed by atoms with van der Waals surface area (Å²) in [6.07, 6.45) is 8.11. The van der Waals surface area contributed by atoms with E-state index in [2.05, 4.69) is 16.9 Å². The van der Waals surface area contributed by atoms with Gasteiger partial charge in [-0.25, -0.2) is 13.1 Å². The van der Waals surface area contributed by atoms with Crippen LogP contribution in [0.25, 0.3) is 0 Å². The molecule has 1 fully saturated rings. The van der Waals surface area contributed by atoms with Crippen LogP contribution in [0.5, 0.6) is 0 Å². The molecule has 13 heavy (non-hydrogen) atoms. The smallest absolute Gasteiger partial charge is 0.208 e. The Kier molecular flexibility index (Phi) is 2.20. The zero-order valence-electron chi connectivity index (χ0n) is 7.73. The molecule has 0 spiro atoms. The van der Waals surface area contributed by atoms with Crippen LogP contribution in [-0.2, 0) is 10.0 Å². The maximum atomic E-state index is 10.9. The van der Waals surface area contributed by atoms with E-state index in [1.54, 1.807) is 0 Å². The van der Waals surface area contributed by atoms with E-state index in [1.165, 1.54) is 12.7 Å².